The number of fused-ring (bicyclic) bond motifs is 3. The molecule has 0 heterocycles. The number of amides is 1. The first-order valence-corrected chi connectivity index (χ1v) is 10.4. The molecule has 1 aliphatic carbocycles. The minimum atomic E-state index is -4.52. The van der Waals surface area contributed by atoms with Gasteiger partial charge in [0.2, 0.25) is 0 Å². The monoisotopic (exact) mass is 453 g/mol. The van der Waals surface area contributed by atoms with E-state index in [2.05, 4.69) is 5.32 Å². The van der Waals surface area contributed by atoms with Gasteiger partial charge in [-0.15, -0.1) is 0 Å². The van der Waals surface area contributed by atoms with Crippen LogP contribution in [0.15, 0.2) is 72.8 Å². The predicted octanol–water partition coefficient (Wildman–Crippen LogP) is 6.27. The number of nitrogens with one attached hydrogen (secondary N) is 1. The normalized spacial score (nSPS) is 13.0. The third kappa shape index (κ3) is 4.87. The Hall–Kier alpha value is -3.74. The molecule has 0 atom stereocenters. The summed E-state index contributed by atoms with van der Waals surface area (Å²) < 4.78 is 50.1. The number of carbonyl (C=O) groups excluding carboxylic acids is 1. The van der Waals surface area contributed by atoms with Crippen LogP contribution in [0.4, 0.5) is 18.0 Å². The topological polar surface area (TPSA) is 47.6 Å². The second-order valence-corrected chi connectivity index (χ2v) is 7.56. The van der Waals surface area contributed by atoms with Gasteiger partial charge in [-0.25, -0.2) is 4.79 Å². The maximum atomic E-state index is 13.3. The van der Waals surface area contributed by atoms with E-state index in [0.717, 1.165) is 28.3 Å². The van der Waals surface area contributed by atoms with Gasteiger partial charge in [-0.05, 0) is 39.9 Å². The van der Waals surface area contributed by atoms with E-state index in [-0.39, 0.29) is 30.4 Å². The van der Waals surface area contributed by atoms with Gasteiger partial charge in [0.1, 0.15) is 12.4 Å². The Balaban J connectivity index is 1.35. The highest BCUT2D eigenvalue weighted by atomic mass is 19.4. The molecule has 0 radical (unpaired) electrons. The molecule has 0 spiro atoms. The van der Waals surface area contributed by atoms with Gasteiger partial charge in [0, 0.05) is 12.5 Å². The molecular formula is C26H22F3NO3. The van der Waals surface area contributed by atoms with Gasteiger partial charge in [-0.2, -0.15) is 13.2 Å². The fourth-order valence-electron chi connectivity index (χ4n) is 4.03. The van der Waals surface area contributed by atoms with Crippen LogP contribution in [0.1, 0.15) is 28.2 Å². The second kappa shape index (κ2) is 9.40. The van der Waals surface area contributed by atoms with Crippen LogP contribution in [0.5, 0.6) is 5.75 Å². The van der Waals surface area contributed by atoms with Gasteiger partial charge >= 0.3 is 12.3 Å². The zero-order valence-electron chi connectivity index (χ0n) is 17.9. The van der Waals surface area contributed by atoms with Crippen molar-refractivity contribution in [2.75, 3.05) is 20.3 Å². The van der Waals surface area contributed by atoms with Crippen molar-refractivity contribution in [1.82, 2.24) is 5.32 Å². The zero-order chi connectivity index (χ0) is 23.4. The summed E-state index contributed by atoms with van der Waals surface area (Å²) in [6.45, 7) is 0.195. The summed E-state index contributed by atoms with van der Waals surface area (Å²) in [5, 5.41) is 2.55. The first-order chi connectivity index (χ1) is 15.9. The molecule has 4 nitrogen and oxygen atoms in total. The average Bonchev–Trinajstić information content (AvgIpc) is 3.13. The van der Waals surface area contributed by atoms with Gasteiger partial charge in [-0.3, -0.25) is 0 Å². The number of hydrogen-bond acceptors (Lipinski definition) is 3. The van der Waals surface area contributed by atoms with Crippen LogP contribution in [-0.2, 0) is 10.9 Å². The molecule has 0 fully saturated rings. The molecule has 1 N–H and O–H groups in total. The smallest absolute Gasteiger partial charge is 0.417 e. The van der Waals surface area contributed by atoms with E-state index in [1.165, 1.54) is 31.4 Å². The van der Waals surface area contributed by atoms with Crippen molar-refractivity contribution in [3.05, 3.63) is 95.1 Å². The molecule has 0 saturated heterocycles. The van der Waals surface area contributed by atoms with Gasteiger partial charge in [0.05, 0.1) is 12.7 Å². The van der Waals surface area contributed by atoms with E-state index in [9.17, 15) is 18.0 Å². The molecule has 0 saturated carbocycles. The lowest BCUT2D eigenvalue weighted by Gasteiger charge is -2.14. The number of carbonyl (C=O) groups is 1. The maximum absolute atomic E-state index is 13.3. The van der Waals surface area contributed by atoms with E-state index in [1.54, 1.807) is 0 Å². The summed E-state index contributed by atoms with van der Waals surface area (Å²) >= 11 is 0. The molecule has 4 rings (SSSR count). The first-order valence-electron chi connectivity index (χ1n) is 10.4. The lowest BCUT2D eigenvalue weighted by Crippen LogP contribution is -2.26. The first kappa shape index (κ1) is 22.5. The number of hydrogen-bond donors (Lipinski definition) is 1. The maximum Gasteiger partial charge on any atom is 0.417 e. The van der Waals surface area contributed by atoms with Crippen molar-refractivity contribution in [2.24, 2.45) is 0 Å². The fraction of sp³-hybridized carbons (Fsp3) is 0.192. The molecule has 7 heteroatoms. The van der Waals surface area contributed by atoms with E-state index in [0.29, 0.717) is 0 Å². The molecule has 3 aromatic rings. The Kier molecular flexibility index (Phi) is 6.40. The highest BCUT2D eigenvalue weighted by molar-refractivity contribution is 5.79. The number of alkyl carbamates (subject to hydrolysis) is 1. The van der Waals surface area contributed by atoms with Crippen molar-refractivity contribution in [2.45, 2.75) is 12.1 Å². The molecule has 33 heavy (non-hydrogen) atoms. The SMILES string of the molecule is COc1ccc(C=CCNC(=O)OCC2c3ccccc3-c3ccccc32)c(C(F)(F)F)c1. The van der Waals surface area contributed by atoms with Crippen molar-refractivity contribution < 1.29 is 27.4 Å². The number of alkyl halides is 3. The highest BCUT2D eigenvalue weighted by Crippen LogP contribution is 2.44. The minimum Gasteiger partial charge on any atom is -0.497 e. The van der Waals surface area contributed by atoms with Gasteiger partial charge < -0.3 is 14.8 Å². The van der Waals surface area contributed by atoms with Crippen LogP contribution in [0.2, 0.25) is 0 Å². The van der Waals surface area contributed by atoms with Crippen LogP contribution in [0.25, 0.3) is 17.2 Å². The standard InChI is InChI=1S/C26H22F3NO3/c1-32-18-13-12-17(24(15-18)26(27,28)29)7-6-14-30-25(31)33-16-23-21-10-4-2-8-19(21)20-9-3-5-11-22(20)23/h2-13,15,23H,14,16H2,1H3,(H,30,31). The van der Waals surface area contributed by atoms with Crippen molar-refractivity contribution >= 4 is 12.2 Å². The molecule has 0 unspecified atom stereocenters. The van der Waals surface area contributed by atoms with Crippen molar-refractivity contribution in [1.29, 1.82) is 0 Å². The molecule has 1 aliphatic rings. The van der Waals surface area contributed by atoms with Crippen LogP contribution in [0.3, 0.4) is 0 Å². The Bertz CT molecular complexity index is 1140. The van der Waals surface area contributed by atoms with Gasteiger partial charge in [0.15, 0.2) is 0 Å². The van der Waals surface area contributed by atoms with E-state index in [4.69, 9.17) is 9.47 Å². The summed E-state index contributed by atoms with van der Waals surface area (Å²) in [5.74, 6) is 0.0589. The van der Waals surface area contributed by atoms with Crippen LogP contribution in [-0.4, -0.2) is 26.4 Å². The summed E-state index contributed by atoms with van der Waals surface area (Å²) in [6, 6.07) is 19.7. The van der Waals surface area contributed by atoms with Crippen molar-refractivity contribution in [3.63, 3.8) is 0 Å². The summed E-state index contributed by atoms with van der Waals surface area (Å²) in [5.41, 5.74) is 3.64. The molecule has 0 bridgehead atoms. The summed E-state index contributed by atoms with van der Waals surface area (Å²) in [4.78, 5) is 12.2. The number of ether oxygens (including phenoxy) is 2. The van der Waals surface area contributed by atoms with E-state index >= 15 is 0 Å². The third-order valence-corrected chi connectivity index (χ3v) is 5.57. The van der Waals surface area contributed by atoms with Crippen LogP contribution in [0, 0.1) is 0 Å². The second-order valence-electron chi connectivity index (χ2n) is 7.56. The molecule has 170 valence electrons. The number of rotatable bonds is 6. The van der Waals surface area contributed by atoms with Gasteiger partial charge in [-0.1, -0.05) is 66.7 Å². The number of benzene rings is 3. The van der Waals surface area contributed by atoms with E-state index < -0.39 is 17.8 Å². The minimum absolute atomic E-state index is 0.0161. The number of halogens is 3. The van der Waals surface area contributed by atoms with Gasteiger partial charge in [0.25, 0.3) is 0 Å². The average molecular weight is 453 g/mol. The molecule has 0 aromatic heterocycles. The lowest BCUT2D eigenvalue weighted by molar-refractivity contribution is -0.137. The molecule has 0 aliphatic heterocycles. The lowest BCUT2D eigenvalue weighted by atomic mass is 9.98. The van der Waals surface area contributed by atoms with Crippen LogP contribution >= 0.6 is 0 Å². The summed E-state index contributed by atoms with van der Waals surface area (Å²) in [6.07, 6.45) is -2.40. The Morgan fingerprint density at radius 2 is 1.64 bits per heavy atom. The van der Waals surface area contributed by atoms with E-state index in [1.807, 2.05) is 48.5 Å². The third-order valence-electron chi connectivity index (χ3n) is 5.57. The molecular weight excluding hydrogens is 431 g/mol. The quantitative estimate of drug-likeness (QED) is 0.479. The molecule has 1 amide bonds. The highest BCUT2D eigenvalue weighted by Gasteiger charge is 2.33. The largest absolute Gasteiger partial charge is 0.497 e. The fourth-order valence-corrected chi connectivity index (χ4v) is 4.03. The Morgan fingerprint density at radius 3 is 2.24 bits per heavy atom. The Labute approximate surface area is 189 Å². The van der Waals surface area contributed by atoms with Crippen LogP contribution < -0.4 is 10.1 Å². The number of methoxy groups -OCH3 is 1. The predicted molar refractivity (Wildman–Crippen MR) is 120 cm³/mol. The zero-order valence-corrected chi connectivity index (χ0v) is 17.9. The Morgan fingerprint density at radius 1 is 1.00 bits per heavy atom. The summed E-state index contributed by atoms with van der Waals surface area (Å²) in [7, 11) is 1.31. The molecule has 3 aromatic carbocycles. The van der Waals surface area contributed by atoms with Crippen molar-refractivity contribution in [3.8, 4) is 16.9 Å².